The van der Waals surface area contributed by atoms with Crippen molar-refractivity contribution in [1.29, 1.82) is 0 Å². The molecule has 0 amide bonds. The van der Waals surface area contributed by atoms with Gasteiger partial charge in [-0.1, -0.05) is 39.0 Å². The van der Waals surface area contributed by atoms with Crippen molar-refractivity contribution in [3.8, 4) is 0 Å². The summed E-state index contributed by atoms with van der Waals surface area (Å²) in [5.74, 6) is 1.12. The van der Waals surface area contributed by atoms with Crippen molar-refractivity contribution < 1.29 is 4.57 Å². The minimum absolute atomic E-state index is 0.559. The van der Waals surface area contributed by atoms with Crippen LogP contribution in [0.5, 0.6) is 0 Å². The summed E-state index contributed by atoms with van der Waals surface area (Å²) in [6.07, 6.45) is 4.37. The maximum atomic E-state index is 4.81. The fourth-order valence-corrected chi connectivity index (χ4v) is 3.75. The molecule has 0 aliphatic rings. The summed E-state index contributed by atoms with van der Waals surface area (Å²) >= 11 is 3.56. The topological polar surface area (TPSA) is 21.2 Å². The number of aryl methyl sites for hydroxylation is 2. The number of aromatic nitrogens is 2. The molecule has 0 atom stereocenters. The second-order valence-electron chi connectivity index (χ2n) is 5.48. The van der Waals surface area contributed by atoms with E-state index in [0.29, 0.717) is 11.8 Å². The molecule has 0 saturated heterocycles. The molecule has 5 heteroatoms. The summed E-state index contributed by atoms with van der Waals surface area (Å²) in [4.78, 5) is 8.63. The second-order valence-corrected chi connectivity index (χ2v) is 7.56. The predicted octanol–water partition coefficient (Wildman–Crippen LogP) is 3.45. The van der Waals surface area contributed by atoms with Gasteiger partial charge in [-0.25, -0.2) is 4.57 Å². The lowest BCUT2D eigenvalue weighted by Gasteiger charge is -1.95. The number of rotatable bonds is 3. The summed E-state index contributed by atoms with van der Waals surface area (Å²) in [6.45, 7) is 8.88. The van der Waals surface area contributed by atoms with E-state index in [-0.39, 0.29) is 0 Å². The number of hydrogen-bond acceptors (Lipinski definition) is 3. The average Bonchev–Trinajstić information content (AvgIpc) is 2.85. The van der Waals surface area contributed by atoms with Crippen LogP contribution >= 0.6 is 22.7 Å². The lowest BCUT2D eigenvalue weighted by Crippen LogP contribution is -2.25. The van der Waals surface area contributed by atoms with E-state index in [2.05, 4.69) is 63.3 Å². The van der Waals surface area contributed by atoms with Gasteiger partial charge in [0.05, 0.1) is 11.9 Å². The number of thiazole rings is 2. The third-order valence-corrected chi connectivity index (χ3v) is 5.74. The highest BCUT2D eigenvalue weighted by atomic mass is 32.1. The zero-order valence-electron chi connectivity index (χ0n) is 12.5. The molecular formula is C14H22N3S2+. The van der Waals surface area contributed by atoms with Crippen LogP contribution in [0.3, 0.4) is 0 Å². The van der Waals surface area contributed by atoms with Crippen molar-refractivity contribution >= 4 is 27.8 Å². The van der Waals surface area contributed by atoms with E-state index < -0.39 is 0 Å². The smallest absolute Gasteiger partial charge is 0.305 e. The van der Waals surface area contributed by atoms with Gasteiger partial charge in [0.15, 0.2) is 0 Å². The minimum atomic E-state index is 0.559. The van der Waals surface area contributed by atoms with Gasteiger partial charge < -0.3 is 4.57 Å². The summed E-state index contributed by atoms with van der Waals surface area (Å²) in [5, 5.41) is 1.07. The Bertz CT molecular complexity index is 629. The average molecular weight is 296 g/mol. The van der Waals surface area contributed by atoms with Gasteiger partial charge in [-0.2, -0.15) is 0 Å². The highest BCUT2D eigenvalue weighted by molar-refractivity contribution is 7.15. The molecule has 104 valence electrons. The Labute approximate surface area is 122 Å². The van der Waals surface area contributed by atoms with E-state index in [1.807, 2.05) is 0 Å². The maximum Gasteiger partial charge on any atom is 0.385 e. The highest BCUT2D eigenvalue weighted by Gasteiger charge is 2.16. The molecule has 0 saturated carbocycles. The molecular weight excluding hydrogens is 274 g/mol. The Morgan fingerprint density at radius 1 is 1.11 bits per heavy atom. The summed E-state index contributed by atoms with van der Waals surface area (Å²) in [7, 11) is 4.14. The van der Waals surface area contributed by atoms with Crippen molar-refractivity contribution in [2.75, 3.05) is 0 Å². The summed E-state index contributed by atoms with van der Waals surface area (Å²) in [6, 6.07) is 0. The van der Waals surface area contributed by atoms with Crippen LogP contribution in [0.4, 0.5) is 5.13 Å². The first kappa shape index (κ1) is 14.5. The number of hydrogen-bond donors (Lipinski definition) is 0. The van der Waals surface area contributed by atoms with Gasteiger partial charge in [-0.05, 0) is 23.2 Å². The molecule has 0 radical (unpaired) electrons. The highest BCUT2D eigenvalue weighted by Crippen LogP contribution is 2.25. The normalized spacial score (nSPS) is 12.9. The second kappa shape index (κ2) is 5.59. The first-order valence-electron chi connectivity index (χ1n) is 6.59. The number of nitrogens with zero attached hydrogens (tertiary/aromatic N) is 3. The minimum Gasteiger partial charge on any atom is -0.305 e. The van der Waals surface area contributed by atoms with Gasteiger partial charge in [0, 0.05) is 23.1 Å². The van der Waals surface area contributed by atoms with Gasteiger partial charge in [0.2, 0.25) is 0 Å². The zero-order chi connectivity index (χ0) is 14.2. The van der Waals surface area contributed by atoms with Crippen LogP contribution in [0.1, 0.15) is 49.3 Å². The molecule has 0 fully saturated rings. The van der Waals surface area contributed by atoms with Gasteiger partial charge in [-0.3, -0.25) is 0 Å². The molecule has 2 aromatic rings. The SMILES string of the molecule is CC(C)c1c[n+](C)c(N=c2sc(C(C)C)cn2C)s1. The standard InChI is InChI=1S/C14H22N3S2/c1-9(2)11-7-16(5)13(18-11)15-14-17(6)8-12(19-14)10(3)4/h7-10H,1-6H3/q+1. The van der Waals surface area contributed by atoms with Crippen LogP contribution in [0, 0.1) is 0 Å². The van der Waals surface area contributed by atoms with E-state index >= 15 is 0 Å². The molecule has 0 aliphatic carbocycles. The van der Waals surface area contributed by atoms with Crippen LogP contribution in [-0.2, 0) is 14.1 Å². The third kappa shape index (κ3) is 3.15. The van der Waals surface area contributed by atoms with Crippen molar-refractivity contribution in [1.82, 2.24) is 4.57 Å². The molecule has 2 aromatic heterocycles. The van der Waals surface area contributed by atoms with Crippen molar-refractivity contribution in [2.45, 2.75) is 39.5 Å². The molecule has 0 aromatic carbocycles. The Hall–Kier alpha value is -0.940. The third-order valence-electron chi connectivity index (χ3n) is 2.99. The van der Waals surface area contributed by atoms with Gasteiger partial charge in [0.1, 0.15) is 6.20 Å². The first-order valence-corrected chi connectivity index (χ1v) is 8.22. The Kier molecular flexibility index (Phi) is 4.26. The molecule has 3 nitrogen and oxygen atoms in total. The maximum absolute atomic E-state index is 4.81. The predicted molar refractivity (Wildman–Crippen MR) is 82.2 cm³/mol. The van der Waals surface area contributed by atoms with Crippen LogP contribution < -0.4 is 9.37 Å². The molecule has 0 spiro atoms. The molecule has 0 N–H and O–H groups in total. The van der Waals surface area contributed by atoms with Crippen LogP contribution in [0.25, 0.3) is 0 Å². The van der Waals surface area contributed by atoms with E-state index in [9.17, 15) is 0 Å². The molecule has 0 bridgehead atoms. The first-order chi connectivity index (χ1) is 8.88. The largest absolute Gasteiger partial charge is 0.385 e. The van der Waals surface area contributed by atoms with Crippen molar-refractivity contribution in [2.24, 2.45) is 19.1 Å². The van der Waals surface area contributed by atoms with Crippen LogP contribution in [0.15, 0.2) is 17.4 Å². The fraction of sp³-hybridized carbons (Fsp3) is 0.571. The quantitative estimate of drug-likeness (QED) is 0.774. The van der Waals surface area contributed by atoms with Crippen molar-refractivity contribution in [3.05, 3.63) is 26.9 Å². The van der Waals surface area contributed by atoms with E-state index in [0.717, 1.165) is 9.93 Å². The van der Waals surface area contributed by atoms with Gasteiger partial charge in [0.25, 0.3) is 0 Å². The zero-order valence-corrected chi connectivity index (χ0v) is 14.1. The Morgan fingerprint density at radius 2 is 1.74 bits per heavy atom. The Balaban J connectivity index is 2.46. The molecule has 0 aliphatic heterocycles. The fourth-order valence-electron chi connectivity index (χ4n) is 1.72. The molecule has 0 unspecified atom stereocenters. The van der Waals surface area contributed by atoms with Gasteiger partial charge >= 0.3 is 9.93 Å². The van der Waals surface area contributed by atoms with Crippen LogP contribution in [-0.4, -0.2) is 4.57 Å². The van der Waals surface area contributed by atoms with Crippen LogP contribution in [0.2, 0.25) is 0 Å². The molecule has 2 rings (SSSR count). The summed E-state index contributed by atoms with van der Waals surface area (Å²) < 4.78 is 4.24. The van der Waals surface area contributed by atoms with E-state index in [1.54, 1.807) is 22.7 Å². The van der Waals surface area contributed by atoms with Crippen molar-refractivity contribution in [3.63, 3.8) is 0 Å². The summed E-state index contributed by atoms with van der Waals surface area (Å²) in [5.41, 5.74) is 0. The molecule has 2 heterocycles. The van der Waals surface area contributed by atoms with E-state index in [4.69, 9.17) is 4.99 Å². The lowest BCUT2D eigenvalue weighted by molar-refractivity contribution is -0.654. The Morgan fingerprint density at radius 3 is 2.21 bits per heavy atom. The monoisotopic (exact) mass is 296 g/mol. The lowest BCUT2D eigenvalue weighted by atomic mass is 10.2. The molecule has 19 heavy (non-hydrogen) atoms. The van der Waals surface area contributed by atoms with E-state index in [1.165, 1.54) is 9.75 Å². The van der Waals surface area contributed by atoms with Gasteiger partial charge in [-0.15, -0.1) is 0 Å².